The van der Waals surface area contributed by atoms with Gasteiger partial charge in [0.25, 0.3) is 0 Å². The minimum absolute atomic E-state index is 0.00668. The second-order valence-corrected chi connectivity index (χ2v) is 6.65. The van der Waals surface area contributed by atoms with Crippen molar-refractivity contribution in [2.45, 2.75) is 59.7 Å². The Kier molecular flexibility index (Phi) is 3.66. The summed E-state index contributed by atoms with van der Waals surface area (Å²) in [6.45, 7) is 13.6. The Hall–Kier alpha value is -0.545. The fourth-order valence-electron chi connectivity index (χ4n) is 1.49. The van der Waals surface area contributed by atoms with Crippen molar-refractivity contribution in [2.24, 2.45) is 5.41 Å². The quantitative estimate of drug-likeness (QED) is 0.749. The molecule has 1 amide bonds. The van der Waals surface area contributed by atoms with Gasteiger partial charge in [0.15, 0.2) is 0 Å². The molecular weight excluding hydrogens is 217 g/mol. The van der Waals surface area contributed by atoms with Gasteiger partial charge >= 0.3 is 7.12 Å². The van der Waals surface area contributed by atoms with E-state index in [9.17, 15) is 4.79 Å². The molecular formula is C12H24BNO3. The van der Waals surface area contributed by atoms with E-state index in [-0.39, 0.29) is 29.6 Å². The lowest BCUT2D eigenvalue weighted by molar-refractivity contribution is -0.128. The molecule has 1 rings (SSSR count). The third kappa shape index (κ3) is 3.22. The van der Waals surface area contributed by atoms with Crippen molar-refractivity contribution in [2.75, 3.05) is 6.44 Å². The zero-order valence-corrected chi connectivity index (χ0v) is 12.0. The predicted molar refractivity (Wildman–Crippen MR) is 68.5 cm³/mol. The highest BCUT2D eigenvalue weighted by molar-refractivity contribution is 6.46. The van der Waals surface area contributed by atoms with E-state index >= 15 is 0 Å². The molecule has 0 unspecified atom stereocenters. The first-order valence-electron chi connectivity index (χ1n) is 6.10. The topological polar surface area (TPSA) is 47.6 Å². The molecule has 0 atom stereocenters. The van der Waals surface area contributed by atoms with Gasteiger partial charge in [0.05, 0.1) is 17.6 Å². The first kappa shape index (κ1) is 14.5. The van der Waals surface area contributed by atoms with Gasteiger partial charge in [-0.1, -0.05) is 20.8 Å². The Labute approximate surface area is 105 Å². The third-order valence-corrected chi connectivity index (χ3v) is 3.41. The normalized spacial score (nSPS) is 22.6. The van der Waals surface area contributed by atoms with Crippen molar-refractivity contribution in [3.8, 4) is 0 Å². The van der Waals surface area contributed by atoms with Crippen LogP contribution in [0.25, 0.3) is 0 Å². The molecule has 5 heteroatoms. The summed E-state index contributed by atoms with van der Waals surface area (Å²) in [4.78, 5) is 11.7. The largest absolute Gasteiger partial charge is 0.478 e. The fourth-order valence-corrected chi connectivity index (χ4v) is 1.49. The van der Waals surface area contributed by atoms with Gasteiger partial charge in [-0.3, -0.25) is 4.79 Å². The SMILES string of the molecule is CC(C)(C)C(=O)NCB1OC(C)(C)C(C)(C)O1. The Bertz CT molecular complexity index is 291. The van der Waals surface area contributed by atoms with Crippen LogP contribution in [0, 0.1) is 5.41 Å². The number of nitrogens with one attached hydrogen (secondary N) is 1. The Morgan fingerprint density at radius 3 is 1.88 bits per heavy atom. The van der Waals surface area contributed by atoms with Crippen molar-refractivity contribution in [1.82, 2.24) is 5.32 Å². The first-order chi connectivity index (χ1) is 7.46. The molecule has 0 bridgehead atoms. The average Bonchev–Trinajstić information content (AvgIpc) is 2.30. The van der Waals surface area contributed by atoms with Gasteiger partial charge in [-0.15, -0.1) is 0 Å². The molecule has 1 fully saturated rings. The Morgan fingerprint density at radius 2 is 1.53 bits per heavy atom. The maximum absolute atomic E-state index is 11.7. The molecule has 98 valence electrons. The minimum atomic E-state index is -0.385. The standard InChI is InChI=1S/C12H24BNO3/c1-10(2,3)9(15)14-8-13-16-11(4,5)12(6,7)17-13/h8H2,1-7H3,(H,14,15). The van der Waals surface area contributed by atoms with E-state index in [0.717, 1.165) is 0 Å². The maximum Gasteiger partial charge on any atom is 0.478 e. The molecule has 1 heterocycles. The molecule has 4 nitrogen and oxygen atoms in total. The van der Waals surface area contributed by atoms with Gasteiger partial charge in [0.1, 0.15) is 0 Å². The number of rotatable bonds is 2. The van der Waals surface area contributed by atoms with E-state index in [1.165, 1.54) is 0 Å². The molecule has 17 heavy (non-hydrogen) atoms. The van der Waals surface area contributed by atoms with Crippen LogP contribution in [0.1, 0.15) is 48.5 Å². The second kappa shape index (κ2) is 4.28. The molecule has 0 saturated carbocycles. The van der Waals surface area contributed by atoms with Crippen LogP contribution in [0.15, 0.2) is 0 Å². The predicted octanol–water partition coefficient (Wildman–Crippen LogP) is 1.78. The van der Waals surface area contributed by atoms with Gasteiger partial charge in [-0.25, -0.2) is 0 Å². The summed E-state index contributed by atoms with van der Waals surface area (Å²) in [6.07, 6.45) is 0.392. The molecule has 1 N–H and O–H groups in total. The number of hydrogen-bond acceptors (Lipinski definition) is 3. The summed E-state index contributed by atoms with van der Waals surface area (Å²) in [5.74, 6) is 0.00668. The molecule has 1 saturated heterocycles. The van der Waals surface area contributed by atoms with Crippen LogP contribution in [0.2, 0.25) is 0 Å². The van der Waals surface area contributed by atoms with Gasteiger partial charge in [0, 0.05) is 5.41 Å². The van der Waals surface area contributed by atoms with Crippen molar-refractivity contribution in [1.29, 1.82) is 0 Å². The van der Waals surface area contributed by atoms with Crippen LogP contribution in [0.3, 0.4) is 0 Å². The summed E-state index contributed by atoms with van der Waals surface area (Å²) in [7, 11) is -0.369. The van der Waals surface area contributed by atoms with Crippen LogP contribution in [-0.4, -0.2) is 30.7 Å². The second-order valence-electron chi connectivity index (χ2n) is 6.65. The Balaban J connectivity index is 2.50. The van der Waals surface area contributed by atoms with Gasteiger partial charge < -0.3 is 14.6 Å². The lowest BCUT2D eigenvalue weighted by Gasteiger charge is -2.32. The van der Waals surface area contributed by atoms with E-state index < -0.39 is 0 Å². The summed E-state index contributed by atoms with van der Waals surface area (Å²) in [5.41, 5.74) is -1.07. The third-order valence-electron chi connectivity index (χ3n) is 3.41. The monoisotopic (exact) mass is 241 g/mol. The molecule has 0 aromatic carbocycles. The van der Waals surface area contributed by atoms with Crippen LogP contribution < -0.4 is 5.32 Å². The number of carbonyl (C=O) groups is 1. The summed E-state index contributed by atoms with van der Waals surface area (Å²) in [6, 6.07) is 0. The highest BCUT2D eigenvalue weighted by Gasteiger charge is 2.51. The molecule has 0 spiro atoms. The van der Waals surface area contributed by atoms with Crippen molar-refractivity contribution < 1.29 is 14.1 Å². The van der Waals surface area contributed by atoms with E-state index in [1.54, 1.807) is 0 Å². The van der Waals surface area contributed by atoms with Crippen molar-refractivity contribution in [3.63, 3.8) is 0 Å². The van der Waals surface area contributed by atoms with Crippen LogP contribution in [0.4, 0.5) is 0 Å². The van der Waals surface area contributed by atoms with Crippen molar-refractivity contribution in [3.05, 3.63) is 0 Å². The zero-order chi connectivity index (χ0) is 13.5. The zero-order valence-electron chi connectivity index (χ0n) is 12.0. The van der Waals surface area contributed by atoms with Crippen molar-refractivity contribution >= 4 is 13.0 Å². The highest BCUT2D eigenvalue weighted by Crippen LogP contribution is 2.36. The first-order valence-corrected chi connectivity index (χ1v) is 6.10. The smallest absolute Gasteiger partial charge is 0.402 e. The maximum atomic E-state index is 11.7. The highest BCUT2D eigenvalue weighted by atomic mass is 16.7. The summed E-state index contributed by atoms with van der Waals surface area (Å²) < 4.78 is 11.6. The number of carbonyl (C=O) groups excluding carboxylic acids is 1. The van der Waals surface area contributed by atoms with E-state index in [4.69, 9.17) is 9.31 Å². The molecule has 1 aliphatic rings. The minimum Gasteiger partial charge on any atom is -0.402 e. The van der Waals surface area contributed by atoms with Gasteiger partial charge in [-0.2, -0.15) is 0 Å². The van der Waals surface area contributed by atoms with Crippen LogP contribution in [-0.2, 0) is 14.1 Å². The molecule has 0 aromatic rings. The average molecular weight is 241 g/mol. The molecule has 0 aliphatic carbocycles. The summed E-state index contributed by atoms with van der Waals surface area (Å²) in [5, 5.41) is 2.85. The van der Waals surface area contributed by atoms with Gasteiger partial charge in [0.2, 0.25) is 5.91 Å². The Morgan fingerprint density at radius 1 is 1.12 bits per heavy atom. The van der Waals surface area contributed by atoms with E-state index in [2.05, 4.69) is 5.32 Å². The van der Waals surface area contributed by atoms with Crippen LogP contribution in [0.5, 0.6) is 0 Å². The fraction of sp³-hybridized carbons (Fsp3) is 0.917. The number of amides is 1. The molecule has 0 aromatic heterocycles. The molecule has 0 radical (unpaired) electrons. The van der Waals surface area contributed by atoms with Crippen LogP contribution >= 0.6 is 0 Å². The molecule has 1 aliphatic heterocycles. The number of hydrogen-bond donors (Lipinski definition) is 1. The van der Waals surface area contributed by atoms with E-state index in [0.29, 0.717) is 6.44 Å². The van der Waals surface area contributed by atoms with Gasteiger partial charge in [-0.05, 0) is 27.7 Å². The van der Waals surface area contributed by atoms with E-state index in [1.807, 2.05) is 48.5 Å². The lowest BCUT2D eigenvalue weighted by atomic mass is 9.88. The lowest BCUT2D eigenvalue weighted by Crippen LogP contribution is -2.42. The summed E-state index contributed by atoms with van der Waals surface area (Å²) >= 11 is 0.